The number of nitrogens with zero attached hydrogens (tertiary/aromatic N) is 4. The van der Waals surface area contributed by atoms with Crippen molar-refractivity contribution in [2.24, 2.45) is 0 Å². The molecule has 5 nitrogen and oxygen atoms in total. The van der Waals surface area contributed by atoms with Gasteiger partial charge in [-0.1, -0.05) is 13.8 Å². The fourth-order valence-corrected chi connectivity index (χ4v) is 3.72. The summed E-state index contributed by atoms with van der Waals surface area (Å²) in [5, 5.41) is 3.43. The van der Waals surface area contributed by atoms with E-state index >= 15 is 0 Å². The first-order valence-corrected chi connectivity index (χ1v) is 8.78. The summed E-state index contributed by atoms with van der Waals surface area (Å²) >= 11 is 3.66. The quantitative estimate of drug-likeness (QED) is 0.879. The fourth-order valence-electron chi connectivity index (χ4n) is 3.12. The molecule has 1 atom stereocenters. The summed E-state index contributed by atoms with van der Waals surface area (Å²) in [6.45, 7) is 11.0. The van der Waals surface area contributed by atoms with E-state index in [4.69, 9.17) is 9.97 Å². The Morgan fingerprint density at radius 3 is 2.52 bits per heavy atom. The zero-order valence-corrected chi connectivity index (χ0v) is 14.5. The van der Waals surface area contributed by atoms with Gasteiger partial charge in [0.25, 0.3) is 0 Å². The van der Waals surface area contributed by atoms with Gasteiger partial charge in [0.05, 0.1) is 16.2 Å². The predicted molar refractivity (Wildman–Crippen MR) is 88.6 cm³/mol. The van der Waals surface area contributed by atoms with E-state index in [0.717, 1.165) is 60.8 Å². The van der Waals surface area contributed by atoms with Gasteiger partial charge in [-0.05, 0) is 28.8 Å². The Morgan fingerprint density at radius 1 is 1.19 bits per heavy atom. The summed E-state index contributed by atoms with van der Waals surface area (Å²) < 4.78 is 1.03. The SMILES string of the molecule is CCCNc1nc(C2CN3CCN2CC3)nc(CC)c1Br. The molecule has 1 unspecified atom stereocenters. The molecule has 4 heterocycles. The Morgan fingerprint density at radius 2 is 1.95 bits per heavy atom. The molecular weight excluding hydrogens is 330 g/mol. The zero-order chi connectivity index (χ0) is 14.8. The second kappa shape index (κ2) is 6.58. The van der Waals surface area contributed by atoms with Crippen LogP contribution in [0, 0.1) is 0 Å². The molecule has 21 heavy (non-hydrogen) atoms. The lowest BCUT2D eigenvalue weighted by atomic mass is 10.1. The van der Waals surface area contributed by atoms with Gasteiger partial charge in [-0.2, -0.15) is 0 Å². The van der Waals surface area contributed by atoms with Crippen molar-refractivity contribution in [1.29, 1.82) is 0 Å². The molecule has 1 aromatic rings. The standard InChI is InChI=1S/C15H24BrN5/c1-3-5-17-15-13(16)11(4-2)18-14(19-15)12-10-20-6-8-21(12)9-7-20/h12H,3-10H2,1-2H3,(H,17,18,19). The van der Waals surface area contributed by atoms with E-state index in [0.29, 0.717) is 6.04 Å². The Kier molecular flexibility index (Phi) is 4.76. The van der Waals surface area contributed by atoms with Crippen LogP contribution in [0.3, 0.4) is 0 Å². The molecule has 0 aliphatic carbocycles. The topological polar surface area (TPSA) is 44.3 Å². The minimum Gasteiger partial charge on any atom is -0.369 e. The van der Waals surface area contributed by atoms with Gasteiger partial charge in [0.1, 0.15) is 11.6 Å². The molecule has 0 amide bonds. The smallest absolute Gasteiger partial charge is 0.149 e. The number of hydrogen-bond acceptors (Lipinski definition) is 5. The van der Waals surface area contributed by atoms with Crippen LogP contribution in [0.5, 0.6) is 0 Å². The first kappa shape index (κ1) is 15.2. The molecule has 0 spiro atoms. The molecule has 0 saturated carbocycles. The molecule has 3 aliphatic rings. The molecule has 4 rings (SSSR count). The van der Waals surface area contributed by atoms with Crippen LogP contribution < -0.4 is 5.32 Å². The van der Waals surface area contributed by atoms with Crippen LogP contribution in [0.2, 0.25) is 0 Å². The second-order valence-electron chi connectivity index (χ2n) is 5.82. The van der Waals surface area contributed by atoms with Gasteiger partial charge in [0.15, 0.2) is 0 Å². The van der Waals surface area contributed by atoms with Crippen LogP contribution >= 0.6 is 15.9 Å². The molecule has 1 aromatic heterocycles. The molecule has 6 heteroatoms. The second-order valence-corrected chi connectivity index (χ2v) is 6.62. The number of piperazine rings is 3. The lowest BCUT2D eigenvalue weighted by molar-refractivity contribution is 0.00861. The Balaban J connectivity index is 1.90. The lowest BCUT2D eigenvalue weighted by Crippen LogP contribution is -2.57. The molecule has 116 valence electrons. The van der Waals surface area contributed by atoms with Gasteiger partial charge < -0.3 is 5.32 Å². The van der Waals surface area contributed by atoms with E-state index in [2.05, 4.69) is 44.9 Å². The molecule has 2 bridgehead atoms. The molecular formula is C15H24BrN5. The van der Waals surface area contributed by atoms with E-state index in [-0.39, 0.29) is 0 Å². The third kappa shape index (κ3) is 3.07. The van der Waals surface area contributed by atoms with Gasteiger partial charge >= 0.3 is 0 Å². The molecule has 0 radical (unpaired) electrons. The monoisotopic (exact) mass is 353 g/mol. The van der Waals surface area contributed by atoms with Crippen LogP contribution in [0.25, 0.3) is 0 Å². The van der Waals surface area contributed by atoms with Crippen molar-refractivity contribution >= 4 is 21.7 Å². The van der Waals surface area contributed by atoms with Crippen molar-refractivity contribution in [3.8, 4) is 0 Å². The minimum absolute atomic E-state index is 0.355. The lowest BCUT2D eigenvalue weighted by Gasteiger charge is -2.46. The van der Waals surface area contributed by atoms with E-state index in [1.807, 2.05) is 0 Å². The van der Waals surface area contributed by atoms with Crippen LogP contribution in [-0.2, 0) is 6.42 Å². The van der Waals surface area contributed by atoms with Gasteiger partial charge in [-0.15, -0.1) is 0 Å². The van der Waals surface area contributed by atoms with E-state index < -0.39 is 0 Å². The largest absolute Gasteiger partial charge is 0.369 e. The Bertz CT molecular complexity index is 499. The number of halogens is 1. The number of fused-ring (bicyclic) bond motifs is 3. The normalized spacial score (nSPS) is 27.9. The summed E-state index contributed by atoms with van der Waals surface area (Å²) in [6.07, 6.45) is 2.02. The Labute approximate surface area is 135 Å². The van der Waals surface area contributed by atoms with Crippen molar-refractivity contribution in [3.05, 3.63) is 16.0 Å². The number of anilines is 1. The summed E-state index contributed by atoms with van der Waals surface area (Å²) in [6, 6.07) is 0.355. The Hall–Kier alpha value is -0.720. The number of rotatable bonds is 5. The van der Waals surface area contributed by atoms with E-state index in [9.17, 15) is 0 Å². The number of aryl methyl sites for hydroxylation is 1. The van der Waals surface area contributed by atoms with Crippen LogP contribution in [-0.4, -0.2) is 59.0 Å². The highest BCUT2D eigenvalue weighted by atomic mass is 79.9. The van der Waals surface area contributed by atoms with Gasteiger partial charge in [0.2, 0.25) is 0 Å². The van der Waals surface area contributed by atoms with Crippen LogP contribution in [0.15, 0.2) is 4.47 Å². The first-order chi connectivity index (χ1) is 10.2. The number of hydrogen-bond donors (Lipinski definition) is 1. The molecule has 0 aromatic carbocycles. The highest BCUT2D eigenvalue weighted by molar-refractivity contribution is 9.10. The molecule has 1 N–H and O–H groups in total. The summed E-state index contributed by atoms with van der Waals surface area (Å²) in [7, 11) is 0. The van der Waals surface area contributed by atoms with Crippen molar-refractivity contribution in [1.82, 2.24) is 19.8 Å². The minimum atomic E-state index is 0.355. The molecule has 3 saturated heterocycles. The zero-order valence-electron chi connectivity index (χ0n) is 12.9. The average Bonchev–Trinajstić information content (AvgIpc) is 2.55. The summed E-state index contributed by atoms with van der Waals surface area (Å²) in [5.41, 5.74) is 1.11. The molecule has 3 fully saturated rings. The van der Waals surface area contributed by atoms with Crippen molar-refractivity contribution in [2.75, 3.05) is 44.6 Å². The highest BCUT2D eigenvalue weighted by Gasteiger charge is 2.35. The third-order valence-corrected chi connectivity index (χ3v) is 5.22. The fraction of sp³-hybridized carbons (Fsp3) is 0.733. The summed E-state index contributed by atoms with van der Waals surface area (Å²) in [4.78, 5) is 14.7. The van der Waals surface area contributed by atoms with Gasteiger partial charge in [-0.3, -0.25) is 9.80 Å². The molecule has 3 aliphatic heterocycles. The van der Waals surface area contributed by atoms with Gasteiger partial charge in [0, 0.05) is 39.3 Å². The van der Waals surface area contributed by atoms with Crippen LogP contribution in [0.4, 0.5) is 5.82 Å². The first-order valence-electron chi connectivity index (χ1n) is 7.99. The number of nitrogens with one attached hydrogen (secondary N) is 1. The maximum Gasteiger partial charge on any atom is 0.149 e. The van der Waals surface area contributed by atoms with Crippen molar-refractivity contribution in [2.45, 2.75) is 32.7 Å². The van der Waals surface area contributed by atoms with Crippen molar-refractivity contribution < 1.29 is 0 Å². The van der Waals surface area contributed by atoms with Gasteiger partial charge in [-0.25, -0.2) is 9.97 Å². The average molecular weight is 354 g/mol. The maximum absolute atomic E-state index is 4.84. The van der Waals surface area contributed by atoms with E-state index in [1.54, 1.807) is 0 Å². The summed E-state index contributed by atoms with van der Waals surface area (Å²) in [5.74, 6) is 1.94. The van der Waals surface area contributed by atoms with Crippen molar-refractivity contribution in [3.63, 3.8) is 0 Å². The van der Waals surface area contributed by atoms with E-state index in [1.165, 1.54) is 13.1 Å². The highest BCUT2D eigenvalue weighted by Crippen LogP contribution is 2.31. The third-order valence-electron chi connectivity index (χ3n) is 4.39. The number of aromatic nitrogens is 2. The van der Waals surface area contributed by atoms with Crippen LogP contribution in [0.1, 0.15) is 37.8 Å². The maximum atomic E-state index is 4.84. The predicted octanol–water partition coefficient (Wildman–Crippen LogP) is 2.30.